The summed E-state index contributed by atoms with van der Waals surface area (Å²) in [5.74, 6) is 0.886. The van der Waals surface area contributed by atoms with Crippen LogP contribution >= 0.6 is 0 Å². The second-order valence-electron chi connectivity index (χ2n) is 4.88. The molecule has 3 heteroatoms. The summed E-state index contributed by atoms with van der Waals surface area (Å²) in [7, 11) is 3.82. The van der Waals surface area contributed by atoms with E-state index in [1.54, 1.807) is 7.11 Å². The molecule has 0 saturated heterocycles. The molecule has 0 aliphatic heterocycles. The Balaban J connectivity index is 1.72. The van der Waals surface area contributed by atoms with E-state index in [0.717, 1.165) is 31.1 Å². The van der Waals surface area contributed by atoms with Gasteiger partial charge in [0.15, 0.2) is 0 Å². The molecule has 0 aromatic heterocycles. The molecular weight excluding hydrogens is 248 g/mol. The van der Waals surface area contributed by atoms with Crippen LogP contribution in [-0.2, 0) is 6.54 Å². The Kier molecular flexibility index (Phi) is 5.44. The summed E-state index contributed by atoms with van der Waals surface area (Å²) in [6, 6.07) is 18.5. The van der Waals surface area contributed by atoms with E-state index in [1.165, 1.54) is 5.56 Å². The highest BCUT2D eigenvalue weighted by molar-refractivity contribution is 5.46. The third-order valence-corrected chi connectivity index (χ3v) is 3.21. The van der Waals surface area contributed by atoms with Crippen molar-refractivity contribution in [3.05, 3.63) is 60.2 Å². The minimum atomic E-state index is 0.886. The fourth-order valence-electron chi connectivity index (χ4n) is 2.07. The van der Waals surface area contributed by atoms with Crippen molar-refractivity contribution in [1.82, 2.24) is 4.90 Å². The standard InChI is InChI=1S/C17H22N2O/c1-19(14-15-6-4-3-5-7-15)13-12-18-16-8-10-17(20-2)11-9-16/h3-11,18H,12-14H2,1-2H3. The lowest BCUT2D eigenvalue weighted by atomic mass is 10.2. The van der Waals surface area contributed by atoms with Crippen molar-refractivity contribution in [2.45, 2.75) is 6.54 Å². The first kappa shape index (κ1) is 14.4. The summed E-state index contributed by atoms with van der Waals surface area (Å²) < 4.78 is 5.14. The van der Waals surface area contributed by atoms with Gasteiger partial charge in [-0.3, -0.25) is 0 Å². The number of rotatable bonds is 7. The van der Waals surface area contributed by atoms with Crippen molar-refractivity contribution < 1.29 is 4.74 Å². The number of hydrogen-bond acceptors (Lipinski definition) is 3. The van der Waals surface area contributed by atoms with E-state index in [0.29, 0.717) is 0 Å². The molecule has 0 saturated carbocycles. The van der Waals surface area contributed by atoms with Crippen LogP contribution in [0, 0.1) is 0 Å². The lowest BCUT2D eigenvalue weighted by molar-refractivity contribution is 0.340. The lowest BCUT2D eigenvalue weighted by Crippen LogP contribution is -2.24. The Morgan fingerprint density at radius 3 is 2.35 bits per heavy atom. The van der Waals surface area contributed by atoms with Crippen LogP contribution in [0.5, 0.6) is 5.75 Å². The highest BCUT2D eigenvalue weighted by Crippen LogP contribution is 2.14. The van der Waals surface area contributed by atoms with Gasteiger partial charge in [-0.15, -0.1) is 0 Å². The van der Waals surface area contributed by atoms with Gasteiger partial charge in [0.25, 0.3) is 0 Å². The SMILES string of the molecule is COc1ccc(NCCN(C)Cc2ccccc2)cc1. The zero-order valence-corrected chi connectivity index (χ0v) is 12.2. The number of nitrogens with one attached hydrogen (secondary N) is 1. The maximum atomic E-state index is 5.14. The van der Waals surface area contributed by atoms with E-state index in [2.05, 4.69) is 47.6 Å². The Hall–Kier alpha value is -2.00. The molecule has 0 aliphatic rings. The van der Waals surface area contributed by atoms with Gasteiger partial charge < -0.3 is 15.0 Å². The van der Waals surface area contributed by atoms with Crippen LogP contribution in [-0.4, -0.2) is 32.1 Å². The average Bonchev–Trinajstić information content (AvgIpc) is 2.49. The molecule has 3 nitrogen and oxygen atoms in total. The molecule has 0 fully saturated rings. The Labute approximate surface area is 121 Å². The Morgan fingerprint density at radius 1 is 1.00 bits per heavy atom. The van der Waals surface area contributed by atoms with Crippen molar-refractivity contribution in [2.75, 3.05) is 32.6 Å². The first-order valence-corrected chi connectivity index (χ1v) is 6.88. The minimum Gasteiger partial charge on any atom is -0.497 e. The fourth-order valence-corrected chi connectivity index (χ4v) is 2.07. The zero-order chi connectivity index (χ0) is 14.2. The molecule has 20 heavy (non-hydrogen) atoms. The molecule has 0 aliphatic carbocycles. The van der Waals surface area contributed by atoms with Gasteiger partial charge in [0.2, 0.25) is 0 Å². The van der Waals surface area contributed by atoms with Crippen molar-refractivity contribution in [1.29, 1.82) is 0 Å². The molecule has 106 valence electrons. The maximum Gasteiger partial charge on any atom is 0.119 e. The highest BCUT2D eigenvalue weighted by atomic mass is 16.5. The average molecular weight is 270 g/mol. The first-order valence-electron chi connectivity index (χ1n) is 6.88. The molecule has 0 unspecified atom stereocenters. The summed E-state index contributed by atoms with van der Waals surface area (Å²) in [5, 5.41) is 3.42. The topological polar surface area (TPSA) is 24.5 Å². The Bertz CT molecular complexity index is 496. The molecule has 0 atom stereocenters. The van der Waals surface area contributed by atoms with Gasteiger partial charge in [-0.25, -0.2) is 0 Å². The van der Waals surface area contributed by atoms with Crippen molar-refractivity contribution in [3.8, 4) is 5.75 Å². The molecule has 1 N–H and O–H groups in total. The van der Waals surface area contributed by atoms with E-state index in [4.69, 9.17) is 4.74 Å². The summed E-state index contributed by atoms with van der Waals surface area (Å²) in [5.41, 5.74) is 2.47. The predicted molar refractivity (Wildman–Crippen MR) is 84.3 cm³/mol. The van der Waals surface area contributed by atoms with Gasteiger partial charge >= 0.3 is 0 Å². The molecule has 0 heterocycles. The zero-order valence-electron chi connectivity index (χ0n) is 12.2. The van der Waals surface area contributed by atoms with E-state index in [1.807, 2.05) is 24.3 Å². The largest absolute Gasteiger partial charge is 0.497 e. The van der Waals surface area contributed by atoms with E-state index in [9.17, 15) is 0 Å². The van der Waals surface area contributed by atoms with E-state index in [-0.39, 0.29) is 0 Å². The van der Waals surface area contributed by atoms with Crippen LogP contribution in [0.3, 0.4) is 0 Å². The summed E-state index contributed by atoms with van der Waals surface area (Å²) in [4.78, 5) is 2.31. The van der Waals surface area contributed by atoms with Crippen LogP contribution in [0.2, 0.25) is 0 Å². The number of likely N-dealkylation sites (N-methyl/N-ethyl adjacent to an activating group) is 1. The Morgan fingerprint density at radius 2 is 1.70 bits per heavy atom. The number of ether oxygens (including phenoxy) is 1. The van der Waals surface area contributed by atoms with Gasteiger partial charge in [0.1, 0.15) is 5.75 Å². The fraction of sp³-hybridized carbons (Fsp3) is 0.294. The number of benzene rings is 2. The molecule has 0 amide bonds. The quantitative estimate of drug-likeness (QED) is 0.836. The normalized spacial score (nSPS) is 10.6. The van der Waals surface area contributed by atoms with Crippen LogP contribution in [0.1, 0.15) is 5.56 Å². The van der Waals surface area contributed by atoms with E-state index < -0.39 is 0 Å². The van der Waals surface area contributed by atoms with Crippen LogP contribution in [0.15, 0.2) is 54.6 Å². The van der Waals surface area contributed by atoms with Gasteiger partial charge in [-0.2, -0.15) is 0 Å². The number of methoxy groups -OCH3 is 1. The highest BCUT2D eigenvalue weighted by Gasteiger charge is 2.00. The summed E-state index contributed by atoms with van der Waals surface area (Å²) in [6.07, 6.45) is 0. The second kappa shape index (κ2) is 7.56. The van der Waals surface area contributed by atoms with Gasteiger partial charge in [0, 0.05) is 25.3 Å². The van der Waals surface area contributed by atoms with Crippen molar-refractivity contribution in [2.24, 2.45) is 0 Å². The number of hydrogen-bond donors (Lipinski definition) is 1. The van der Waals surface area contributed by atoms with Crippen LogP contribution in [0.4, 0.5) is 5.69 Å². The molecule has 0 bridgehead atoms. The molecule has 0 spiro atoms. The van der Waals surface area contributed by atoms with Gasteiger partial charge in [-0.05, 0) is 36.9 Å². The summed E-state index contributed by atoms with van der Waals surface area (Å²) >= 11 is 0. The molecular formula is C17H22N2O. The van der Waals surface area contributed by atoms with E-state index >= 15 is 0 Å². The van der Waals surface area contributed by atoms with Crippen LogP contribution in [0.25, 0.3) is 0 Å². The molecule has 0 radical (unpaired) electrons. The van der Waals surface area contributed by atoms with Gasteiger partial charge in [0.05, 0.1) is 7.11 Å². The third kappa shape index (κ3) is 4.59. The molecule has 2 rings (SSSR count). The molecule has 2 aromatic carbocycles. The second-order valence-corrected chi connectivity index (χ2v) is 4.88. The smallest absolute Gasteiger partial charge is 0.119 e. The first-order chi connectivity index (χ1) is 9.78. The minimum absolute atomic E-state index is 0.886. The number of anilines is 1. The van der Waals surface area contributed by atoms with Gasteiger partial charge in [-0.1, -0.05) is 30.3 Å². The monoisotopic (exact) mass is 270 g/mol. The van der Waals surface area contributed by atoms with Crippen LogP contribution < -0.4 is 10.1 Å². The summed E-state index contributed by atoms with van der Waals surface area (Å²) in [6.45, 7) is 2.90. The molecule has 2 aromatic rings. The lowest BCUT2D eigenvalue weighted by Gasteiger charge is -2.17. The third-order valence-electron chi connectivity index (χ3n) is 3.21. The predicted octanol–water partition coefficient (Wildman–Crippen LogP) is 3.24. The number of nitrogens with zero attached hydrogens (tertiary/aromatic N) is 1. The van der Waals surface area contributed by atoms with Crippen molar-refractivity contribution in [3.63, 3.8) is 0 Å². The maximum absolute atomic E-state index is 5.14. The van der Waals surface area contributed by atoms with Crippen molar-refractivity contribution >= 4 is 5.69 Å².